The fraction of sp³-hybridized carbons (Fsp3) is 0.611. The van der Waals surface area contributed by atoms with Crippen LogP contribution in [0.5, 0.6) is 0 Å². The van der Waals surface area contributed by atoms with Crippen LogP contribution in [0.25, 0.3) is 0 Å². The van der Waals surface area contributed by atoms with Crippen molar-refractivity contribution in [2.75, 3.05) is 19.4 Å². The summed E-state index contributed by atoms with van der Waals surface area (Å²) in [4.78, 5) is 13.5. The van der Waals surface area contributed by atoms with Gasteiger partial charge in [0.25, 0.3) is 0 Å². The van der Waals surface area contributed by atoms with Gasteiger partial charge in [-0.2, -0.15) is 0 Å². The predicted octanol–water partition coefficient (Wildman–Crippen LogP) is 3.47. The molecule has 2 rings (SSSR count). The zero-order chi connectivity index (χ0) is 18.1. The van der Waals surface area contributed by atoms with Crippen LogP contribution in [-0.4, -0.2) is 36.9 Å². The van der Waals surface area contributed by atoms with E-state index in [1.165, 1.54) is 0 Å². The molecule has 0 radical (unpaired) electrons. The number of halogens is 2. The van der Waals surface area contributed by atoms with Crippen LogP contribution in [-0.2, 0) is 6.54 Å². The summed E-state index contributed by atoms with van der Waals surface area (Å²) < 4.78 is 27.5. The van der Waals surface area contributed by atoms with Crippen molar-refractivity contribution in [2.45, 2.75) is 51.6 Å². The number of rotatable bonds is 5. The molecule has 0 aromatic heterocycles. The Labute approximate surface area is 142 Å². The van der Waals surface area contributed by atoms with Crippen LogP contribution < -0.4 is 11.1 Å². The molecule has 0 bridgehead atoms. The molecule has 0 saturated heterocycles. The quantitative estimate of drug-likeness (QED) is 0.863. The van der Waals surface area contributed by atoms with Gasteiger partial charge in [-0.1, -0.05) is 19.9 Å². The summed E-state index contributed by atoms with van der Waals surface area (Å²) in [7, 11) is 3.91. The Morgan fingerprint density at radius 1 is 1.38 bits per heavy atom. The number of carbonyl (C=O) groups is 1. The number of alkyl halides is 2. The van der Waals surface area contributed by atoms with Crippen molar-refractivity contribution in [1.82, 2.24) is 4.90 Å². The fourth-order valence-electron chi connectivity index (χ4n) is 3.42. The molecule has 1 aliphatic rings. The van der Waals surface area contributed by atoms with Gasteiger partial charge in [-0.15, -0.1) is 0 Å². The van der Waals surface area contributed by atoms with E-state index in [9.17, 15) is 13.6 Å². The molecule has 1 fully saturated rings. The molecule has 0 heterocycles. The summed E-state index contributed by atoms with van der Waals surface area (Å²) in [6.45, 7) is 4.41. The predicted molar refractivity (Wildman–Crippen MR) is 92.3 cm³/mol. The molecule has 1 aliphatic carbocycles. The maximum Gasteiger partial charge on any atom is 0.248 e. The molecular formula is C18H27F2N3O. The number of hydrogen-bond donors (Lipinski definition) is 2. The highest BCUT2D eigenvalue weighted by molar-refractivity contribution is 5.94. The maximum absolute atomic E-state index is 13.7. The van der Waals surface area contributed by atoms with Crippen molar-refractivity contribution in [3.05, 3.63) is 29.3 Å². The van der Waals surface area contributed by atoms with Gasteiger partial charge < -0.3 is 16.0 Å². The third kappa shape index (κ3) is 4.44. The second-order valence-electron chi connectivity index (χ2n) is 7.73. The Bertz CT molecular complexity index is 614. The highest BCUT2D eigenvalue weighted by atomic mass is 19.3. The number of primary amides is 1. The monoisotopic (exact) mass is 339 g/mol. The first-order chi connectivity index (χ1) is 11.0. The summed E-state index contributed by atoms with van der Waals surface area (Å²) in [5, 5.41) is 3.41. The standard InChI is InChI=1S/C18H27F2N3O/c1-17(2)11-18(19,20)8-7-15(17)22-14-9-12(16(21)24)5-6-13(14)10-23(3)4/h5-6,9,15,22H,7-8,10-11H2,1-4H3,(H2,21,24). The highest BCUT2D eigenvalue weighted by Crippen LogP contribution is 2.45. The molecule has 1 amide bonds. The van der Waals surface area contributed by atoms with E-state index in [2.05, 4.69) is 5.32 Å². The molecule has 0 spiro atoms. The van der Waals surface area contributed by atoms with Crippen LogP contribution in [0.2, 0.25) is 0 Å². The number of nitrogens with two attached hydrogens (primary N) is 1. The van der Waals surface area contributed by atoms with E-state index in [4.69, 9.17) is 5.73 Å². The van der Waals surface area contributed by atoms with Gasteiger partial charge in [0.05, 0.1) is 0 Å². The minimum atomic E-state index is -2.61. The average Bonchev–Trinajstić information content (AvgIpc) is 2.41. The molecule has 1 aromatic carbocycles. The Balaban J connectivity index is 2.29. The Kier molecular flexibility index (Phi) is 5.18. The molecule has 6 heteroatoms. The minimum Gasteiger partial charge on any atom is -0.381 e. The SMILES string of the molecule is CN(C)Cc1ccc(C(N)=O)cc1NC1CCC(F)(F)CC1(C)C. The van der Waals surface area contributed by atoms with E-state index >= 15 is 0 Å². The normalized spacial score (nSPS) is 22.4. The van der Waals surface area contributed by atoms with E-state index in [-0.39, 0.29) is 18.9 Å². The van der Waals surface area contributed by atoms with Gasteiger partial charge in [0.2, 0.25) is 11.8 Å². The number of carbonyl (C=O) groups excluding carboxylic acids is 1. The van der Waals surface area contributed by atoms with E-state index < -0.39 is 17.2 Å². The lowest BCUT2D eigenvalue weighted by molar-refractivity contribution is -0.0771. The Morgan fingerprint density at radius 3 is 2.58 bits per heavy atom. The third-order valence-corrected chi connectivity index (χ3v) is 4.67. The van der Waals surface area contributed by atoms with Crippen molar-refractivity contribution < 1.29 is 13.6 Å². The molecule has 134 valence electrons. The van der Waals surface area contributed by atoms with E-state index in [1.54, 1.807) is 12.1 Å². The van der Waals surface area contributed by atoms with Crippen LogP contribution >= 0.6 is 0 Å². The Morgan fingerprint density at radius 2 is 2.04 bits per heavy atom. The molecule has 0 aliphatic heterocycles. The second kappa shape index (κ2) is 6.67. The van der Waals surface area contributed by atoms with Crippen LogP contribution in [0.1, 0.15) is 49.0 Å². The average molecular weight is 339 g/mol. The van der Waals surface area contributed by atoms with Crippen molar-refractivity contribution in [3.63, 3.8) is 0 Å². The highest BCUT2D eigenvalue weighted by Gasteiger charge is 2.46. The van der Waals surface area contributed by atoms with E-state index in [1.807, 2.05) is 38.9 Å². The van der Waals surface area contributed by atoms with E-state index in [0.717, 1.165) is 11.3 Å². The number of nitrogens with zero attached hydrogens (tertiary/aromatic N) is 1. The molecule has 4 nitrogen and oxygen atoms in total. The molecule has 1 atom stereocenters. The summed E-state index contributed by atoms with van der Waals surface area (Å²) in [6, 6.07) is 5.21. The summed E-state index contributed by atoms with van der Waals surface area (Å²) in [5.74, 6) is -3.10. The number of amides is 1. The first kappa shape index (κ1) is 18.6. The zero-order valence-corrected chi connectivity index (χ0v) is 14.8. The van der Waals surface area contributed by atoms with Crippen molar-refractivity contribution >= 4 is 11.6 Å². The summed E-state index contributed by atoms with van der Waals surface area (Å²) >= 11 is 0. The van der Waals surface area contributed by atoms with Gasteiger partial charge in [0.1, 0.15) is 0 Å². The molecule has 24 heavy (non-hydrogen) atoms. The molecule has 3 N–H and O–H groups in total. The topological polar surface area (TPSA) is 58.4 Å². The first-order valence-corrected chi connectivity index (χ1v) is 8.22. The van der Waals surface area contributed by atoms with Gasteiger partial charge in [-0.05, 0) is 43.6 Å². The van der Waals surface area contributed by atoms with Gasteiger partial charge in [0, 0.05) is 36.7 Å². The van der Waals surface area contributed by atoms with Gasteiger partial charge in [-0.25, -0.2) is 8.78 Å². The third-order valence-electron chi connectivity index (χ3n) is 4.67. The zero-order valence-electron chi connectivity index (χ0n) is 14.8. The van der Waals surface area contributed by atoms with Crippen LogP contribution in [0, 0.1) is 5.41 Å². The van der Waals surface area contributed by atoms with Gasteiger partial charge >= 0.3 is 0 Å². The lowest BCUT2D eigenvalue weighted by atomic mass is 9.71. The number of anilines is 1. The Hall–Kier alpha value is -1.69. The summed E-state index contributed by atoms with van der Waals surface area (Å²) in [6.07, 6.45) is 0.130. The fourth-order valence-corrected chi connectivity index (χ4v) is 3.42. The van der Waals surface area contributed by atoms with Crippen molar-refractivity contribution in [3.8, 4) is 0 Å². The lowest BCUT2D eigenvalue weighted by Crippen LogP contribution is -2.46. The maximum atomic E-state index is 13.7. The van der Waals surface area contributed by atoms with Crippen molar-refractivity contribution in [2.24, 2.45) is 11.1 Å². The van der Waals surface area contributed by atoms with E-state index in [0.29, 0.717) is 18.5 Å². The van der Waals surface area contributed by atoms with Crippen molar-refractivity contribution in [1.29, 1.82) is 0 Å². The van der Waals surface area contributed by atoms with Crippen LogP contribution in [0.4, 0.5) is 14.5 Å². The van der Waals surface area contributed by atoms with Gasteiger partial charge in [0.15, 0.2) is 0 Å². The van der Waals surface area contributed by atoms with Crippen LogP contribution in [0.15, 0.2) is 18.2 Å². The van der Waals surface area contributed by atoms with Crippen LogP contribution in [0.3, 0.4) is 0 Å². The first-order valence-electron chi connectivity index (χ1n) is 8.22. The number of hydrogen-bond acceptors (Lipinski definition) is 3. The number of benzene rings is 1. The molecular weight excluding hydrogens is 312 g/mol. The molecule has 1 unspecified atom stereocenters. The lowest BCUT2D eigenvalue weighted by Gasteiger charge is -2.43. The summed E-state index contributed by atoms with van der Waals surface area (Å²) in [5.41, 5.74) is 7.06. The largest absolute Gasteiger partial charge is 0.381 e. The molecule has 1 aromatic rings. The molecule has 1 saturated carbocycles. The van der Waals surface area contributed by atoms with Gasteiger partial charge in [-0.3, -0.25) is 4.79 Å². The number of nitrogens with one attached hydrogen (secondary N) is 1. The smallest absolute Gasteiger partial charge is 0.248 e. The second-order valence-corrected chi connectivity index (χ2v) is 7.73. The minimum absolute atomic E-state index is 0.0823.